The molecule has 0 radical (unpaired) electrons. The fraction of sp³-hybridized carbons (Fsp3) is 0.462. The van der Waals surface area contributed by atoms with Crippen LogP contribution in [0.15, 0.2) is 23.2 Å². The van der Waals surface area contributed by atoms with Crippen molar-refractivity contribution in [2.45, 2.75) is 33.1 Å². The van der Waals surface area contributed by atoms with Gasteiger partial charge < -0.3 is 5.11 Å². The Labute approximate surface area is 91.7 Å². The van der Waals surface area contributed by atoms with E-state index >= 15 is 0 Å². The van der Waals surface area contributed by atoms with Gasteiger partial charge in [0.05, 0.1) is 0 Å². The van der Waals surface area contributed by atoms with Crippen LogP contribution >= 0.6 is 0 Å². The lowest BCUT2D eigenvalue weighted by Crippen LogP contribution is -1.87. The van der Waals surface area contributed by atoms with Crippen LogP contribution in [-0.2, 0) is 0 Å². The third kappa shape index (κ3) is 4.15. The van der Waals surface area contributed by atoms with Crippen molar-refractivity contribution < 1.29 is 5.11 Å². The summed E-state index contributed by atoms with van der Waals surface area (Å²) in [6, 6.07) is 5.55. The van der Waals surface area contributed by atoms with E-state index in [1.807, 2.05) is 19.1 Å². The maximum absolute atomic E-state index is 9.55. The van der Waals surface area contributed by atoms with E-state index in [0.717, 1.165) is 24.1 Å². The Hall–Kier alpha value is -1.31. The Bertz CT molecular complexity index is 331. The molecular weight excluding hydrogens is 186 g/mol. The van der Waals surface area contributed by atoms with Gasteiger partial charge in [0, 0.05) is 18.3 Å². The summed E-state index contributed by atoms with van der Waals surface area (Å²) < 4.78 is 0. The number of benzene rings is 1. The number of aryl methyl sites for hydroxylation is 1. The molecule has 0 saturated heterocycles. The molecule has 0 heterocycles. The molecule has 15 heavy (non-hydrogen) atoms. The highest BCUT2D eigenvalue weighted by atomic mass is 16.3. The summed E-state index contributed by atoms with van der Waals surface area (Å²) in [4.78, 5) is 4.30. The summed E-state index contributed by atoms with van der Waals surface area (Å²) in [6.07, 6.45) is 5.32. The molecule has 0 aliphatic heterocycles. The number of nitrogens with zero attached hydrogens (tertiary/aromatic N) is 1. The standard InChI is InChI=1S/C13H19NO/c1-3-4-5-8-14-10-12-9-11(2)6-7-13(12)15/h6-7,9-10,15H,3-5,8H2,1-2H3. The molecule has 0 amide bonds. The first-order valence-electron chi connectivity index (χ1n) is 5.53. The molecule has 0 aromatic heterocycles. The monoisotopic (exact) mass is 205 g/mol. The normalized spacial score (nSPS) is 11.1. The van der Waals surface area contributed by atoms with Crippen LogP contribution in [-0.4, -0.2) is 17.9 Å². The highest BCUT2D eigenvalue weighted by Crippen LogP contribution is 2.15. The lowest BCUT2D eigenvalue weighted by atomic mass is 10.1. The smallest absolute Gasteiger partial charge is 0.124 e. The van der Waals surface area contributed by atoms with Crippen molar-refractivity contribution in [3.63, 3.8) is 0 Å². The Morgan fingerprint density at radius 1 is 1.33 bits per heavy atom. The van der Waals surface area contributed by atoms with E-state index in [-0.39, 0.29) is 0 Å². The van der Waals surface area contributed by atoms with Crippen molar-refractivity contribution in [3.8, 4) is 5.75 Å². The highest BCUT2D eigenvalue weighted by Gasteiger charge is 1.96. The fourth-order valence-corrected chi connectivity index (χ4v) is 1.39. The van der Waals surface area contributed by atoms with Gasteiger partial charge in [0.2, 0.25) is 0 Å². The average molecular weight is 205 g/mol. The van der Waals surface area contributed by atoms with E-state index in [4.69, 9.17) is 0 Å². The van der Waals surface area contributed by atoms with Crippen molar-refractivity contribution in [1.82, 2.24) is 0 Å². The van der Waals surface area contributed by atoms with Crippen LogP contribution in [0.2, 0.25) is 0 Å². The number of phenolic OH excluding ortho intramolecular Hbond substituents is 1. The molecule has 0 bridgehead atoms. The largest absolute Gasteiger partial charge is 0.507 e. The number of hydrogen-bond acceptors (Lipinski definition) is 2. The minimum absolute atomic E-state index is 0.305. The van der Waals surface area contributed by atoms with Crippen LogP contribution in [0.5, 0.6) is 5.75 Å². The van der Waals surface area contributed by atoms with Crippen molar-refractivity contribution in [3.05, 3.63) is 29.3 Å². The highest BCUT2D eigenvalue weighted by molar-refractivity contribution is 5.83. The molecule has 1 aromatic carbocycles. The predicted octanol–water partition coefficient (Wildman–Crippen LogP) is 3.31. The van der Waals surface area contributed by atoms with Crippen molar-refractivity contribution >= 4 is 6.21 Å². The van der Waals surface area contributed by atoms with Crippen LogP contribution in [0, 0.1) is 6.92 Å². The van der Waals surface area contributed by atoms with Gasteiger partial charge in [-0.3, -0.25) is 4.99 Å². The zero-order valence-corrected chi connectivity index (χ0v) is 9.53. The van der Waals surface area contributed by atoms with Gasteiger partial charge >= 0.3 is 0 Å². The lowest BCUT2D eigenvalue weighted by Gasteiger charge is -1.99. The second-order valence-electron chi connectivity index (χ2n) is 3.80. The maximum atomic E-state index is 9.55. The second-order valence-corrected chi connectivity index (χ2v) is 3.80. The van der Waals surface area contributed by atoms with Gasteiger partial charge in [0.15, 0.2) is 0 Å². The van der Waals surface area contributed by atoms with Crippen molar-refractivity contribution in [2.75, 3.05) is 6.54 Å². The Morgan fingerprint density at radius 3 is 2.87 bits per heavy atom. The summed E-state index contributed by atoms with van der Waals surface area (Å²) in [5.41, 5.74) is 1.95. The number of unbranched alkanes of at least 4 members (excludes halogenated alkanes) is 2. The average Bonchev–Trinajstić information content (AvgIpc) is 2.23. The fourth-order valence-electron chi connectivity index (χ4n) is 1.39. The van der Waals surface area contributed by atoms with Gasteiger partial charge in [-0.15, -0.1) is 0 Å². The number of aliphatic imine (C=N–C) groups is 1. The van der Waals surface area contributed by atoms with Gasteiger partial charge in [-0.25, -0.2) is 0 Å². The second kappa shape index (κ2) is 6.23. The number of hydrogen-bond donors (Lipinski definition) is 1. The first-order chi connectivity index (χ1) is 7.24. The molecule has 0 atom stereocenters. The predicted molar refractivity (Wildman–Crippen MR) is 64.8 cm³/mol. The van der Waals surface area contributed by atoms with Gasteiger partial charge in [-0.2, -0.15) is 0 Å². The molecule has 0 unspecified atom stereocenters. The number of phenols is 1. The van der Waals surface area contributed by atoms with E-state index in [0.29, 0.717) is 5.75 Å². The van der Waals surface area contributed by atoms with E-state index in [1.54, 1.807) is 12.3 Å². The molecule has 0 aliphatic carbocycles. The van der Waals surface area contributed by atoms with Gasteiger partial charge in [0.25, 0.3) is 0 Å². The summed E-state index contributed by atoms with van der Waals surface area (Å²) in [5, 5.41) is 9.55. The summed E-state index contributed by atoms with van der Waals surface area (Å²) in [5.74, 6) is 0.305. The Kier molecular flexibility index (Phi) is 4.88. The minimum Gasteiger partial charge on any atom is -0.507 e. The quantitative estimate of drug-likeness (QED) is 0.580. The summed E-state index contributed by atoms with van der Waals surface area (Å²) in [7, 11) is 0. The van der Waals surface area contributed by atoms with Gasteiger partial charge in [-0.05, 0) is 25.5 Å². The molecular formula is C13H19NO. The van der Waals surface area contributed by atoms with Crippen LogP contribution < -0.4 is 0 Å². The van der Waals surface area contributed by atoms with Crippen LogP contribution in [0.1, 0.15) is 37.3 Å². The zero-order chi connectivity index (χ0) is 11.1. The SMILES string of the molecule is CCCCCN=Cc1cc(C)ccc1O. The first-order valence-corrected chi connectivity index (χ1v) is 5.53. The Balaban J connectivity index is 2.52. The lowest BCUT2D eigenvalue weighted by molar-refractivity contribution is 0.474. The topological polar surface area (TPSA) is 32.6 Å². The first kappa shape index (κ1) is 11.8. The van der Waals surface area contributed by atoms with Crippen molar-refractivity contribution in [2.24, 2.45) is 4.99 Å². The minimum atomic E-state index is 0.305. The summed E-state index contributed by atoms with van der Waals surface area (Å²) in [6.45, 7) is 5.03. The van der Waals surface area contributed by atoms with Crippen LogP contribution in [0.3, 0.4) is 0 Å². The molecule has 1 N–H and O–H groups in total. The number of aromatic hydroxyl groups is 1. The molecule has 2 heteroatoms. The van der Waals surface area contributed by atoms with Crippen LogP contribution in [0.25, 0.3) is 0 Å². The molecule has 1 rings (SSSR count). The zero-order valence-electron chi connectivity index (χ0n) is 9.53. The van der Waals surface area contributed by atoms with Crippen LogP contribution in [0.4, 0.5) is 0 Å². The maximum Gasteiger partial charge on any atom is 0.124 e. The molecule has 0 spiro atoms. The van der Waals surface area contributed by atoms with E-state index in [2.05, 4.69) is 11.9 Å². The van der Waals surface area contributed by atoms with Gasteiger partial charge in [-0.1, -0.05) is 31.4 Å². The molecule has 2 nitrogen and oxygen atoms in total. The van der Waals surface area contributed by atoms with Gasteiger partial charge in [0.1, 0.15) is 5.75 Å². The van der Waals surface area contributed by atoms with Crippen molar-refractivity contribution in [1.29, 1.82) is 0 Å². The molecule has 82 valence electrons. The Morgan fingerprint density at radius 2 is 2.13 bits per heavy atom. The van der Waals surface area contributed by atoms with E-state index < -0.39 is 0 Å². The number of rotatable bonds is 5. The van der Waals surface area contributed by atoms with E-state index in [1.165, 1.54) is 12.8 Å². The summed E-state index contributed by atoms with van der Waals surface area (Å²) >= 11 is 0. The molecule has 0 fully saturated rings. The molecule has 0 aliphatic rings. The third-order valence-corrected chi connectivity index (χ3v) is 2.30. The van der Waals surface area contributed by atoms with E-state index in [9.17, 15) is 5.11 Å². The molecule has 0 saturated carbocycles. The molecule has 1 aromatic rings. The third-order valence-electron chi connectivity index (χ3n) is 2.30.